The summed E-state index contributed by atoms with van der Waals surface area (Å²) >= 11 is 0. The van der Waals surface area contributed by atoms with Crippen LogP contribution in [-0.4, -0.2) is 91.8 Å². The number of hydrogen-bond donors (Lipinski definition) is 1. The maximum absolute atomic E-state index is 12.7. The molecule has 2 rings (SSSR count). The first-order chi connectivity index (χ1) is 28.3. The summed E-state index contributed by atoms with van der Waals surface area (Å²) in [7, 11) is 1.07. The number of phosphoric acid groups is 1. The number of likely N-dealkylation sites (N-methyl/N-ethyl adjacent to an activating group) is 1. The number of nitro benzene ring substituents is 1. The van der Waals surface area contributed by atoms with Gasteiger partial charge in [-0.2, -0.15) is 0 Å². The first-order valence-electron chi connectivity index (χ1n) is 22.2. The van der Waals surface area contributed by atoms with Gasteiger partial charge in [-0.1, -0.05) is 129 Å². The van der Waals surface area contributed by atoms with Crippen LogP contribution < -0.4 is 10.2 Å². The van der Waals surface area contributed by atoms with E-state index in [1.807, 2.05) is 21.1 Å². The number of carbonyl (C=O) groups excluding carboxylic acids is 2. The van der Waals surface area contributed by atoms with Gasteiger partial charge in [-0.25, -0.2) is 4.63 Å². The number of aromatic nitrogens is 2. The molecule has 17 heteroatoms. The quantitative estimate of drug-likeness (QED) is 0.0167. The van der Waals surface area contributed by atoms with E-state index in [1.54, 1.807) is 6.07 Å². The molecule has 0 aliphatic heterocycles. The molecule has 0 aliphatic rings. The third kappa shape index (κ3) is 25.9. The molecule has 0 radical (unpaired) electrons. The maximum atomic E-state index is 12.7. The molecule has 1 heterocycles. The first-order valence-corrected chi connectivity index (χ1v) is 23.7. The van der Waals surface area contributed by atoms with Crippen LogP contribution in [0.3, 0.4) is 0 Å². The van der Waals surface area contributed by atoms with E-state index >= 15 is 0 Å². The number of phosphoric ester groups is 1. The van der Waals surface area contributed by atoms with Crippen molar-refractivity contribution in [1.82, 2.24) is 10.3 Å². The Bertz CT molecular complexity index is 1500. The highest BCUT2D eigenvalue weighted by Gasteiger charge is 2.22. The van der Waals surface area contributed by atoms with Gasteiger partial charge in [0, 0.05) is 25.5 Å². The fourth-order valence-corrected chi connectivity index (χ4v) is 7.27. The highest BCUT2D eigenvalue weighted by Crippen LogP contribution is 2.38. The summed E-state index contributed by atoms with van der Waals surface area (Å²) in [6, 6.07) is 3.02. The van der Waals surface area contributed by atoms with Gasteiger partial charge in [0.2, 0.25) is 5.52 Å². The molecule has 2 atom stereocenters. The van der Waals surface area contributed by atoms with Crippen LogP contribution in [0.15, 0.2) is 16.8 Å². The molecule has 0 amide bonds. The lowest BCUT2D eigenvalue weighted by molar-refractivity contribution is -0.870. The Hall–Kier alpha value is -3.17. The Morgan fingerprint density at radius 2 is 1.25 bits per heavy atom. The third-order valence-corrected chi connectivity index (χ3v) is 11.1. The number of fused-ring (bicyclic) bond motifs is 1. The Kier molecular flexibility index (Phi) is 27.1. The number of nitrogens with zero attached hydrogens (tertiary/aromatic N) is 4. The van der Waals surface area contributed by atoms with E-state index in [9.17, 15) is 29.2 Å². The summed E-state index contributed by atoms with van der Waals surface area (Å²) in [4.78, 5) is 48.3. The highest BCUT2D eigenvalue weighted by atomic mass is 31.2. The molecule has 2 aromatic rings. The van der Waals surface area contributed by atoms with Gasteiger partial charge in [0.1, 0.15) is 19.8 Å². The topological polar surface area (TPSA) is 205 Å². The number of ether oxygens (including phenoxy) is 2. The summed E-state index contributed by atoms with van der Waals surface area (Å²) in [6.07, 6.45) is 23.7. The maximum Gasteiger partial charge on any atom is 0.306 e. The number of rotatable bonds is 38. The normalized spacial score (nSPS) is 13.3. The van der Waals surface area contributed by atoms with Crippen molar-refractivity contribution >= 4 is 42.2 Å². The fraction of sp³-hybridized carbons (Fsp3) is 0.810. The summed E-state index contributed by atoms with van der Waals surface area (Å²) in [6.45, 7) is 2.54. The van der Waals surface area contributed by atoms with E-state index in [1.165, 1.54) is 63.9 Å². The van der Waals surface area contributed by atoms with Gasteiger partial charge in [-0.05, 0) is 35.6 Å². The number of nitro groups is 1. The second-order valence-electron chi connectivity index (χ2n) is 16.6. The molecular weight excluding hydrogens is 781 g/mol. The lowest BCUT2D eigenvalue weighted by atomic mass is 10.0. The van der Waals surface area contributed by atoms with Crippen LogP contribution in [0.5, 0.6) is 0 Å². The molecule has 1 aromatic carbocycles. The molecule has 1 unspecified atom stereocenters. The number of anilines is 1. The van der Waals surface area contributed by atoms with E-state index in [0.717, 1.165) is 70.6 Å². The molecule has 59 heavy (non-hydrogen) atoms. The van der Waals surface area contributed by atoms with Crippen LogP contribution in [0.1, 0.15) is 161 Å². The van der Waals surface area contributed by atoms with Gasteiger partial charge in [-0.3, -0.25) is 24.3 Å². The number of quaternary nitrogens is 1. The predicted octanol–water partition coefficient (Wildman–Crippen LogP) is 9.59. The van der Waals surface area contributed by atoms with Gasteiger partial charge in [0.05, 0.1) is 38.4 Å². The van der Waals surface area contributed by atoms with Crippen molar-refractivity contribution in [2.45, 2.75) is 167 Å². The average Bonchev–Trinajstić information content (AvgIpc) is 3.68. The summed E-state index contributed by atoms with van der Waals surface area (Å²) in [5, 5.41) is 21.9. The van der Waals surface area contributed by atoms with Crippen molar-refractivity contribution in [2.75, 3.05) is 59.4 Å². The Balaban J connectivity index is 1.60. The van der Waals surface area contributed by atoms with Gasteiger partial charge in [0.25, 0.3) is 7.82 Å². The smallest absolute Gasteiger partial charge is 0.306 e. The molecule has 0 saturated carbocycles. The summed E-state index contributed by atoms with van der Waals surface area (Å²) < 4.78 is 38.6. The van der Waals surface area contributed by atoms with Crippen molar-refractivity contribution in [3.05, 3.63) is 22.2 Å². The minimum absolute atomic E-state index is 0.0567. The molecule has 1 N–H and O–H groups in total. The average molecular weight is 856 g/mol. The first kappa shape index (κ1) is 52.0. The third-order valence-electron chi connectivity index (χ3n) is 10.1. The van der Waals surface area contributed by atoms with Gasteiger partial charge in [0.15, 0.2) is 11.6 Å². The molecule has 1 aromatic heterocycles. The van der Waals surface area contributed by atoms with Crippen LogP contribution >= 0.6 is 7.82 Å². The molecule has 0 bridgehead atoms. The van der Waals surface area contributed by atoms with E-state index in [4.69, 9.17) is 23.2 Å². The lowest BCUT2D eigenvalue weighted by Crippen LogP contribution is -2.37. The predicted molar refractivity (Wildman–Crippen MR) is 227 cm³/mol. The monoisotopic (exact) mass is 856 g/mol. The Morgan fingerprint density at radius 1 is 0.746 bits per heavy atom. The Morgan fingerprint density at radius 3 is 1.80 bits per heavy atom. The molecule has 338 valence electrons. The summed E-state index contributed by atoms with van der Waals surface area (Å²) in [5.74, 6) is -0.912. The van der Waals surface area contributed by atoms with Crippen LogP contribution in [0.4, 0.5) is 11.4 Å². The Labute approximate surface area is 352 Å². The number of benzene rings is 1. The molecule has 0 spiro atoms. The number of nitrogens with one attached hydrogen (secondary N) is 1. The molecular formula is C42H74N5O11P. The van der Waals surface area contributed by atoms with E-state index < -0.39 is 37.4 Å². The van der Waals surface area contributed by atoms with Crippen LogP contribution in [0.25, 0.3) is 11.0 Å². The number of unbranched alkanes of at least 4 members (excludes halogenated alkanes) is 20. The van der Waals surface area contributed by atoms with E-state index in [2.05, 4.69) is 22.6 Å². The van der Waals surface area contributed by atoms with Crippen LogP contribution in [0, 0.1) is 10.1 Å². The zero-order valence-electron chi connectivity index (χ0n) is 36.5. The number of esters is 2. The minimum atomic E-state index is -4.66. The van der Waals surface area contributed by atoms with Gasteiger partial charge < -0.3 is 33.2 Å². The SMILES string of the molecule is CCCCCCCCCCCCCCCC(=O)OC[C@H](COP(=O)([O-])OCC[N+](C)(C)C)OC(=O)CCCCCCCCCCCNc1ccc([N+](=O)[O-])c2nonc12. The largest absolute Gasteiger partial charge is 0.756 e. The van der Waals surface area contributed by atoms with Crippen LogP contribution in [-0.2, 0) is 32.7 Å². The molecule has 16 nitrogen and oxygen atoms in total. The number of carbonyl (C=O) groups is 2. The second-order valence-corrected chi connectivity index (χ2v) is 18.0. The molecule has 0 aliphatic carbocycles. The van der Waals surface area contributed by atoms with Crippen molar-refractivity contribution in [1.29, 1.82) is 0 Å². The number of non-ortho nitro benzene ring substituents is 1. The molecule has 0 fully saturated rings. The van der Waals surface area contributed by atoms with Crippen molar-refractivity contribution < 1.29 is 51.6 Å². The van der Waals surface area contributed by atoms with E-state index in [0.29, 0.717) is 41.6 Å². The van der Waals surface area contributed by atoms with Gasteiger partial charge in [-0.15, -0.1) is 0 Å². The van der Waals surface area contributed by atoms with Crippen molar-refractivity contribution in [2.24, 2.45) is 0 Å². The van der Waals surface area contributed by atoms with Crippen molar-refractivity contribution in [3.63, 3.8) is 0 Å². The zero-order valence-corrected chi connectivity index (χ0v) is 37.4. The van der Waals surface area contributed by atoms with E-state index in [-0.39, 0.29) is 37.3 Å². The standard InChI is InChI=1S/C42H74N5O11P/c1-5-6-7-8-9-10-11-12-13-15-18-21-24-27-39(48)54-34-36(35-56-59(52,53)55-33-32-47(2,3)4)57-40(49)28-25-22-19-16-14-17-20-23-26-31-43-37-29-30-38(46(50)51)42-41(37)44-58-45-42/h29-30,36H,5-28,31-35H2,1-4H3,(H-,43,45,52,53)/t36-/m1/s1. The van der Waals surface area contributed by atoms with Gasteiger partial charge >= 0.3 is 17.6 Å². The second kappa shape index (κ2) is 30.8. The highest BCUT2D eigenvalue weighted by molar-refractivity contribution is 7.45. The summed E-state index contributed by atoms with van der Waals surface area (Å²) in [5.41, 5.74) is 0.992. The fourth-order valence-electron chi connectivity index (χ4n) is 6.54. The number of hydrogen-bond acceptors (Lipinski definition) is 14. The lowest BCUT2D eigenvalue weighted by Gasteiger charge is -2.28. The van der Waals surface area contributed by atoms with Crippen molar-refractivity contribution in [3.8, 4) is 0 Å². The minimum Gasteiger partial charge on any atom is -0.756 e. The van der Waals surface area contributed by atoms with Crippen LogP contribution in [0.2, 0.25) is 0 Å². The zero-order chi connectivity index (χ0) is 43.2. The molecule has 0 saturated heterocycles.